The van der Waals surface area contributed by atoms with Gasteiger partial charge >= 0.3 is 0 Å². The van der Waals surface area contributed by atoms with E-state index in [9.17, 15) is 9.90 Å². The average Bonchev–Trinajstić information content (AvgIpc) is 2.49. The zero-order valence-electron chi connectivity index (χ0n) is 11.9. The Hall–Kier alpha value is -2.07. The second-order valence-corrected chi connectivity index (χ2v) is 5.72. The van der Waals surface area contributed by atoms with Crippen LogP contribution in [0.1, 0.15) is 25.7 Å². The van der Waals surface area contributed by atoms with Crippen LogP contribution >= 0.6 is 0 Å². The van der Waals surface area contributed by atoms with E-state index >= 15 is 0 Å². The second kappa shape index (κ2) is 5.74. The zero-order valence-corrected chi connectivity index (χ0v) is 11.9. The number of nitrogens with two attached hydrogens (primary N) is 1. The lowest BCUT2D eigenvalue weighted by Crippen LogP contribution is -2.40. The molecule has 1 aliphatic rings. The van der Waals surface area contributed by atoms with Crippen LogP contribution in [0, 0.1) is 5.92 Å². The van der Waals surface area contributed by atoms with Crippen LogP contribution in [-0.2, 0) is 4.79 Å². The Morgan fingerprint density at radius 2 is 1.81 bits per heavy atom. The molecule has 0 spiro atoms. The van der Waals surface area contributed by atoms with Crippen LogP contribution in [0.5, 0.6) is 5.75 Å². The van der Waals surface area contributed by atoms with E-state index < -0.39 is 0 Å². The molecule has 1 fully saturated rings. The van der Waals surface area contributed by atoms with Crippen molar-refractivity contribution in [1.29, 1.82) is 0 Å². The van der Waals surface area contributed by atoms with Crippen molar-refractivity contribution >= 4 is 22.4 Å². The SMILES string of the molecule is NC1CCCCC1C(=O)Nc1cccc2c(O)cccc12. The van der Waals surface area contributed by atoms with Crippen LogP contribution in [0.2, 0.25) is 0 Å². The Morgan fingerprint density at radius 3 is 2.62 bits per heavy atom. The van der Waals surface area contributed by atoms with E-state index in [1.54, 1.807) is 12.1 Å². The number of phenolic OH excluding ortho intramolecular Hbond substituents is 1. The number of carbonyl (C=O) groups excluding carboxylic acids is 1. The Labute approximate surface area is 124 Å². The van der Waals surface area contributed by atoms with Gasteiger partial charge in [-0.05, 0) is 25.0 Å². The van der Waals surface area contributed by atoms with E-state index in [2.05, 4.69) is 5.32 Å². The quantitative estimate of drug-likeness (QED) is 0.793. The first-order chi connectivity index (χ1) is 10.2. The van der Waals surface area contributed by atoms with E-state index in [4.69, 9.17) is 5.73 Å². The third kappa shape index (κ3) is 2.72. The van der Waals surface area contributed by atoms with Gasteiger partial charge in [0.1, 0.15) is 5.75 Å². The first kappa shape index (κ1) is 13.9. The highest BCUT2D eigenvalue weighted by molar-refractivity contribution is 6.04. The highest BCUT2D eigenvalue weighted by Crippen LogP contribution is 2.31. The largest absolute Gasteiger partial charge is 0.507 e. The van der Waals surface area contributed by atoms with E-state index in [1.807, 2.05) is 24.3 Å². The van der Waals surface area contributed by atoms with Crippen molar-refractivity contribution in [3.8, 4) is 5.75 Å². The van der Waals surface area contributed by atoms with Crippen molar-refractivity contribution in [2.24, 2.45) is 11.7 Å². The number of fused-ring (bicyclic) bond motifs is 1. The lowest BCUT2D eigenvalue weighted by Gasteiger charge is -2.27. The number of hydrogen-bond donors (Lipinski definition) is 3. The summed E-state index contributed by atoms with van der Waals surface area (Å²) in [7, 11) is 0. The molecule has 0 saturated heterocycles. The Balaban J connectivity index is 1.88. The number of carbonyl (C=O) groups is 1. The lowest BCUT2D eigenvalue weighted by atomic mass is 9.84. The van der Waals surface area contributed by atoms with Gasteiger partial charge in [0.2, 0.25) is 5.91 Å². The van der Waals surface area contributed by atoms with E-state index in [0.29, 0.717) is 0 Å². The van der Waals surface area contributed by atoms with Crippen LogP contribution in [-0.4, -0.2) is 17.1 Å². The average molecular weight is 284 g/mol. The molecule has 2 atom stereocenters. The van der Waals surface area contributed by atoms with Gasteiger partial charge in [-0.3, -0.25) is 4.79 Å². The van der Waals surface area contributed by atoms with Gasteiger partial charge in [0.05, 0.1) is 5.92 Å². The van der Waals surface area contributed by atoms with Crippen molar-refractivity contribution in [3.05, 3.63) is 36.4 Å². The summed E-state index contributed by atoms with van der Waals surface area (Å²) in [6.45, 7) is 0. The smallest absolute Gasteiger partial charge is 0.229 e. The van der Waals surface area contributed by atoms with Crippen molar-refractivity contribution in [2.75, 3.05) is 5.32 Å². The van der Waals surface area contributed by atoms with Crippen molar-refractivity contribution < 1.29 is 9.90 Å². The third-order valence-electron chi connectivity index (χ3n) is 4.31. The van der Waals surface area contributed by atoms with Gasteiger partial charge in [-0.25, -0.2) is 0 Å². The molecule has 1 amide bonds. The summed E-state index contributed by atoms with van der Waals surface area (Å²) in [5.41, 5.74) is 6.80. The van der Waals surface area contributed by atoms with Gasteiger partial charge in [-0.1, -0.05) is 37.1 Å². The number of aromatic hydroxyl groups is 1. The van der Waals surface area contributed by atoms with E-state index in [-0.39, 0.29) is 23.6 Å². The molecule has 0 heterocycles. The first-order valence-corrected chi connectivity index (χ1v) is 7.44. The molecule has 110 valence electrons. The van der Waals surface area contributed by atoms with E-state index in [0.717, 1.165) is 42.1 Å². The molecule has 2 unspecified atom stereocenters. The molecular formula is C17H20N2O2. The fourth-order valence-corrected chi connectivity index (χ4v) is 3.11. The summed E-state index contributed by atoms with van der Waals surface area (Å²) >= 11 is 0. The molecular weight excluding hydrogens is 264 g/mol. The number of phenols is 1. The van der Waals surface area contributed by atoms with Gasteiger partial charge in [0, 0.05) is 22.5 Å². The molecule has 21 heavy (non-hydrogen) atoms. The standard InChI is InChI=1S/C17H20N2O2/c18-14-8-2-1-5-13(14)17(21)19-15-9-3-7-12-11(15)6-4-10-16(12)20/h3-4,6-7,9-10,13-14,20H,1-2,5,8,18H2,(H,19,21). The minimum absolute atomic E-state index is 0.0157. The Bertz CT molecular complexity index is 669. The molecule has 0 radical (unpaired) electrons. The van der Waals surface area contributed by atoms with Gasteiger partial charge < -0.3 is 16.2 Å². The second-order valence-electron chi connectivity index (χ2n) is 5.72. The van der Waals surface area contributed by atoms with Gasteiger partial charge in [0.25, 0.3) is 0 Å². The summed E-state index contributed by atoms with van der Waals surface area (Å²) in [5.74, 6) is 0.0855. The zero-order chi connectivity index (χ0) is 14.8. The molecule has 0 aromatic heterocycles. The normalized spacial score (nSPS) is 22.1. The predicted octanol–water partition coefficient (Wildman–Crippen LogP) is 3.00. The Morgan fingerprint density at radius 1 is 1.10 bits per heavy atom. The van der Waals surface area contributed by atoms with Gasteiger partial charge in [-0.2, -0.15) is 0 Å². The van der Waals surface area contributed by atoms with Crippen LogP contribution in [0.3, 0.4) is 0 Å². The fraction of sp³-hybridized carbons (Fsp3) is 0.353. The van der Waals surface area contributed by atoms with Crippen molar-refractivity contribution in [2.45, 2.75) is 31.7 Å². The van der Waals surface area contributed by atoms with Crippen LogP contribution < -0.4 is 11.1 Å². The minimum atomic E-state index is -0.119. The third-order valence-corrected chi connectivity index (χ3v) is 4.31. The summed E-state index contributed by atoms with van der Waals surface area (Å²) in [6, 6.07) is 10.8. The first-order valence-electron chi connectivity index (χ1n) is 7.44. The Kier molecular flexibility index (Phi) is 3.80. The lowest BCUT2D eigenvalue weighted by molar-refractivity contribution is -0.121. The fourth-order valence-electron chi connectivity index (χ4n) is 3.11. The highest BCUT2D eigenvalue weighted by Gasteiger charge is 2.28. The molecule has 4 heteroatoms. The molecule has 1 aliphatic carbocycles. The maximum Gasteiger partial charge on any atom is 0.229 e. The van der Waals surface area contributed by atoms with Crippen LogP contribution in [0.25, 0.3) is 10.8 Å². The van der Waals surface area contributed by atoms with E-state index in [1.165, 1.54) is 0 Å². The van der Waals surface area contributed by atoms with Gasteiger partial charge in [0.15, 0.2) is 0 Å². The maximum absolute atomic E-state index is 12.5. The topological polar surface area (TPSA) is 75.4 Å². The van der Waals surface area contributed by atoms with Crippen molar-refractivity contribution in [3.63, 3.8) is 0 Å². The van der Waals surface area contributed by atoms with Crippen LogP contribution in [0.15, 0.2) is 36.4 Å². The number of hydrogen-bond acceptors (Lipinski definition) is 3. The number of anilines is 1. The molecule has 0 bridgehead atoms. The number of nitrogens with one attached hydrogen (secondary N) is 1. The highest BCUT2D eigenvalue weighted by atomic mass is 16.3. The monoisotopic (exact) mass is 284 g/mol. The molecule has 4 nitrogen and oxygen atoms in total. The molecule has 0 aliphatic heterocycles. The van der Waals surface area contributed by atoms with Crippen molar-refractivity contribution in [1.82, 2.24) is 0 Å². The summed E-state index contributed by atoms with van der Waals surface area (Å²) in [4.78, 5) is 12.5. The summed E-state index contributed by atoms with van der Waals surface area (Å²) in [6.07, 6.45) is 3.92. The summed E-state index contributed by atoms with van der Waals surface area (Å²) in [5, 5.41) is 14.5. The number of benzene rings is 2. The molecule has 2 aromatic carbocycles. The molecule has 3 rings (SSSR count). The van der Waals surface area contributed by atoms with Crippen LogP contribution in [0.4, 0.5) is 5.69 Å². The minimum Gasteiger partial charge on any atom is -0.507 e. The molecule has 4 N–H and O–H groups in total. The molecule has 1 saturated carbocycles. The van der Waals surface area contributed by atoms with Gasteiger partial charge in [-0.15, -0.1) is 0 Å². The molecule has 2 aromatic rings. The maximum atomic E-state index is 12.5. The summed E-state index contributed by atoms with van der Waals surface area (Å²) < 4.78 is 0. The number of amides is 1. The predicted molar refractivity (Wildman–Crippen MR) is 84.2 cm³/mol. The number of rotatable bonds is 2.